The summed E-state index contributed by atoms with van der Waals surface area (Å²) in [6, 6.07) is 16.3. The summed E-state index contributed by atoms with van der Waals surface area (Å²) in [5.41, 5.74) is 3.25. The highest BCUT2D eigenvalue weighted by Gasteiger charge is 1.97. The van der Waals surface area contributed by atoms with E-state index in [9.17, 15) is 0 Å². The van der Waals surface area contributed by atoms with Crippen LogP contribution in [0.2, 0.25) is 0 Å². The number of benzene rings is 1. The lowest BCUT2D eigenvalue weighted by molar-refractivity contribution is 1.17. The number of imidazole rings is 1. The van der Waals surface area contributed by atoms with Gasteiger partial charge in [-0.3, -0.25) is 0 Å². The first kappa shape index (κ1) is 9.85. The highest BCUT2D eigenvalue weighted by molar-refractivity contribution is 5.69. The topological polar surface area (TPSA) is 17.3 Å². The van der Waals surface area contributed by atoms with Crippen LogP contribution in [-0.2, 0) is 0 Å². The summed E-state index contributed by atoms with van der Waals surface area (Å²) in [5, 5.41) is 0. The fourth-order valence-electron chi connectivity index (χ4n) is 1.82. The van der Waals surface area contributed by atoms with Gasteiger partial charge in [-0.25, -0.2) is 4.98 Å². The van der Waals surface area contributed by atoms with E-state index in [1.165, 1.54) is 5.56 Å². The molecule has 0 atom stereocenters. The van der Waals surface area contributed by atoms with Crippen molar-refractivity contribution in [1.82, 2.24) is 9.38 Å². The summed E-state index contributed by atoms with van der Waals surface area (Å²) in [7, 11) is 0. The van der Waals surface area contributed by atoms with Gasteiger partial charge >= 0.3 is 0 Å². The summed E-state index contributed by atoms with van der Waals surface area (Å²) in [6.45, 7) is 0. The highest BCUT2D eigenvalue weighted by atomic mass is 15.0. The monoisotopic (exact) mass is 220 g/mol. The standard InChI is InChI=1S/C15H12N2/c1-2-6-13(7-3-1)9-10-14-12-16-15-8-4-5-11-17(14)15/h1-12H/b10-9+. The highest BCUT2D eigenvalue weighted by Crippen LogP contribution is 2.10. The van der Waals surface area contributed by atoms with Crippen LogP contribution in [0.5, 0.6) is 0 Å². The maximum Gasteiger partial charge on any atom is 0.137 e. The average Bonchev–Trinajstić information content (AvgIpc) is 2.81. The molecule has 0 bridgehead atoms. The van der Waals surface area contributed by atoms with Gasteiger partial charge in [-0.05, 0) is 23.8 Å². The van der Waals surface area contributed by atoms with Crippen LogP contribution in [0.4, 0.5) is 0 Å². The Morgan fingerprint density at radius 3 is 2.59 bits per heavy atom. The Morgan fingerprint density at radius 1 is 0.882 bits per heavy atom. The first-order valence-corrected chi connectivity index (χ1v) is 5.59. The first-order valence-electron chi connectivity index (χ1n) is 5.59. The van der Waals surface area contributed by atoms with Crippen LogP contribution in [0.3, 0.4) is 0 Å². The Bertz CT molecular complexity index is 651. The van der Waals surface area contributed by atoms with E-state index in [1.807, 2.05) is 48.8 Å². The number of fused-ring (bicyclic) bond motifs is 1. The van der Waals surface area contributed by atoms with E-state index < -0.39 is 0 Å². The van der Waals surface area contributed by atoms with Crippen molar-refractivity contribution in [3.8, 4) is 0 Å². The Hall–Kier alpha value is -2.35. The molecule has 0 N–H and O–H groups in total. The van der Waals surface area contributed by atoms with Gasteiger partial charge in [-0.15, -0.1) is 0 Å². The van der Waals surface area contributed by atoms with E-state index >= 15 is 0 Å². The normalized spacial score (nSPS) is 11.3. The van der Waals surface area contributed by atoms with E-state index in [2.05, 4.69) is 33.7 Å². The van der Waals surface area contributed by atoms with Gasteiger partial charge in [-0.1, -0.05) is 42.5 Å². The Labute approximate surface area is 99.9 Å². The summed E-state index contributed by atoms with van der Waals surface area (Å²) >= 11 is 0. The van der Waals surface area contributed by atoms with E-state index in [0.717, 1.165) is 11.3 Å². The fourth-order valence-corrected chi connectivity index (χ4v) is 1.82. The van der Waals surface area contributed by atoms with E-state index in [-0.39, 0.29) is 0 Å². The molecule has 3 aromatic rings. The lowest BCUT2D eigenvalue weighted by Gasteiger charge is -1.95. The molecule has 0 fully saturated rings. The maximum absolute atomic E-state index is 4.34. The second-order valence-electron chi connectivity index (χ2n) is 3.86. The van der Waals surface area contributed by atoms with Gasteiger partial charge in [0.2, 0.25) is 0 Å². The molecule has 3 rings (SSSR count). The zero-order valence-corrected chi connectivity index (χ0v) is 9.32. The molecule has 2 heteroatoms. The van der Waals surface area contributed by atoms with Crippen molar-refractivity contribution in [2.45, 2.75) is 0 Å². The summed E-state index contributed by atoms with van der Waals surface area (Å²) < 4.78 is 2.07. The smallest absolute Gasteiger partial charge is 0.137 e. The van der Waals surface area contributed by atoms with Crippen LogP contribution in [0.15, 0.2) is 60.9 Å². The fraction of sp³-hybridized carbons (Fsp3) is 0. The summed E-state index contributed by atoms with van der Waals surface area (Å²) in [6.07, 6.45) is 8.08. The Kier molecular flexibility index (Phi) is 2.47. The van der Waals surface area contributed by atoms with Crippen molar-refractivity contribution < 1.29 is 0 Å². The average molecular weight is 220 g/mol. The zero-order chi connectivity index (χ0) is 11.5. The molecule has 2 nitrogen and oxygen atoms in total. The van der Waals surface area contributed by atoms with Gasteiger partial charge in [0.15, 0.2) is 0 Å². The predicted octanol–water partition coefficient (Wildman–Crippen LogP) is 3.50. The lowest BCUT2D eigenvalue weighted by atomic mass is 10.2. The molecular weight excluding hydrogens is 208 g/mol. The Morgan fingerprint density at radius 2 is 1.71 bits per heavy atom. The second kappa shape index (κ2) is 4.26. The van der Waals surface area contributed by atoms with Crippen LogP contribution < -0.4 is 0 Å². The molecule has 0 unspecified atom stereocenters. The van der Waals surface area contributed by atoms with Gasteiger partial charge in [0.05, 0.1) is 11.9 Å². The van der Waals surface area contributed by atoms with E-state index in [0.29, 0.717) is 0 Å². The minimum atomic E-state index is 0.972. The predicted molar refractivity (Wildman–Crippen MR) is 70.6 cm³/mol. The molecule has 82 valence electrons. The second-order valence-corrected chi connectivity index (χ2v) is 3.86. The van der Waals surface area contributed by atoms with Crippen LogP contribution >= 0.6 is 0 Å². The third-order valence-electron chi connectivity index (χ3n) is 2.69. The van der Waals surface area contributed by atoms with Crippen molar-refractivity contribution >= 4 is 17.8 Å². The van der Waals surface area contributed by atoms with E-state index in [1.54, 1.807) is 0 Å². The minimum absolute atomic E-state index is 0.972. The molecule has 1 aromatic carbocycles. The maximum atomic E-state index is 4.34. The van der Waals surface area contributed by atoms with Crippen LogP contribution in [0, 0.1) is 0 Å². The van der Waals surface area contributed by atoms with Gasteiger partial charge in [0.25, 0.3) is 0 Å². The van der Waals surface area contributed by atoms with Gasteiger partial charge in [0.1, 0.15) is 5.65 Å². The molecule has 17 heavy (non-hydrogen) atoms. The number of nitrogens with zero attached hydrogens (tertiary/aromatic N) is 2. The van der Waals surface area contributed by atoms with Crippen molar-refractivity contribution in [2.75, 3.05) is 0 Å². The third-order valence-corrected chi connectivity index (χ3v) is 2.69. The van der Waals surface area contributed by atoms with Crippen molar-refractivity contribution in [3.63, 3.8) is 0 Å². The molecule has 0 spiro atoms. The number of rotatable bonds is 2. The van der Waals surface area contributed by atoms with Crippen LogP contribution in [-0.4, -0.2) is 9.38 Å². The largest absolute Gasteiger partial charge is 0.300 e. The lowest BCUT2D eigenvalue weighted by Crippen LogP contribution is -1.84. The van der Waals surface area contributed by atoms with Gasteiger partial charge < -0.3 is 4.40 Å². The molecule has 0 saturated carbocycles. The van der Waals surface area contributed by atoms with Crippen molar-refractivity contribution in [2.24, 2.45) is 0 Å². The van der Waals surface area contributed by atoms with Gasteiger partial charge in [-0.2, -0.15) is 0 Å². The van der Waals surface area contributed by atoms with Crippen LogP contribution in [0.1, 0.15) is 11.3 Å². The number of hydrogen-bond donors (Lipinski definition) is 0. The number of pyridine rings is 1. The summed E-state index contributed by atoms with van der Waals surface area (Å²) in [4.78, 5) is 4.34. The molecule has 2 heterocycles. The molecule has 0 radical (unpaired) electrons. The third kappa shape index (κ3) is 1.97. The molecule has 0 aliphatic heterocycles. The van der Waals surface area contributed by atoms with Gasteiger partial charge in [0, 0.05) is 6.20 Å². The Balaban J connectivity index is 1.98. The zero-order valence-electron chi connectivity index (χ0n) is 9.32. The number of aromatic nitrogens is 2. The number of hydrogen-bond acceptors (Lipinski definition) is 1. The van der Waals surface area contributed by atoms with E-state index in [4.69, 9.17) is 0 Å². The molecule has 2 aromatic heterocycles. The first-order chi connectivity index (χ1) is 8.43. The van der Waals surface area contributed by atoms with Crippen molar-refractivity contribution in [3.05, 3.63) is 72.2 Å². The molecule has 0 aliphatic carbocycles. The summed E-state index contributed by atoms with van der Waals surface area (Å²) in [5.74, 6) is 0. The molecule has 0 amide bonds. The molecule has 0 saturated heterocycles. The van der Waals surface area contributed by atoms with Crippen molar-refractivity contribution in [1.29, 1.82) is 0 Å². The quantitative estimate of drug-likeness (QED) is 0.646. The SMILES string of the molecule is C(=C\c1cnc2ccccn12)/c1ccccc1. The minimum Gasteiger partial charge on any atom is -0.300 e. The van der Waals surface area contributed by atoms with Crippen LogP contribution in [0.25, 0.3) is 17.8 Å². The molecule has 0 aliphatic rings. The molecular formula is C15H12N2.